The maximum absolute atomic E-state index is 12.4. The monoisotopic (exact) mass is 358 g/mol. The number of nitrogens with one attached hydrogen (secondary N) is 1. The number of carbonyl (C=O) groups excluding carboxylic acids is 2. The summed E-state index contributed by atoms with van der Waals surface area (Å²) in [7, 11) is 0. The molecule has 2 aromatic rings. The second-order valence-corrected chi connectivity index (χ2v) is 6.59. The molecule has 2 rings (SSSR count). The zero-order valence-electron chi connectivity index (χ0n) is 14.8. The van der Waals surface area contributed by atoms with E-state index in [1.165, 1.54) is 12.5 Å². The lowest BCUT2D eigenvalue weighted by atomic mass is 10.1. The van der Waals surface area contributed by atoms with Gasteiger partial charge in [0.15, 0.2) is 0 Å². The van der Waals surface area contributed by atoms with Crippen molar-refractivity contribution in [1.82, 2.24) is 10.2 Å². The van der Waals surface area contributed by atoms with E-state index in [1.54, 1.807) is 24.0 Å². The van der Waals surface area contributed by atoms with E-state index in [0.29, 0.717) is 18.1 Å². The van der Waals surface area contributed by atoms with Gasteiger partial charge < -0.3 is 10.2 Å². The predicted octanol–water partition coefficient (Wildman–Crippen LogP) is 3.70. The van der Waals surface area contributed by atoms with Crippen LogP contribution in [0, 0.1) is 6.92 Å². The number of halogens is 1. The van der Waals surface area contributed by atoms with Gasteiger partial charge in [0, 0.05) is 25.0 Å². The first-order valence-electron chi connectivity index (χ1n) is 8.21. The van der Waals surface area contributed by atoms with Gasteiger partial charge in [-0.25, -0.2) is 0 Å². The molecule has 0 saturated heterocycles. The fourth-order valence-electron chi connectivity index (χ4n) is 2.49. The third kappa shape index (κ3) is 5.61. The zero-order valence-corrected chi connectivity index (χ0v) is 15.5. The summed E-state index contributed by atoms with van der Waals surface area (Å²) in [5.41, 5.74) is 3.13. The maximum Gasteiger partial charge on any atom is 0.242 e. The molecule has 0 saturated carbocycles. The van der Waals surface area contributed by atoms with E-state index in [1.807, 2.05) is 43.3 Å². The molecule has 0 spiro atoms. The van der Waals surface area contributed by atoms with E-state index >= 15 is 0 Å². The summed E-state index contributed by atoms with van der Waals surface area (Å²) < 4.78 is 0. The van der Waals surface area contributed by atoms with Crippen LogP contribution in [0.3, 0.4) is 0 Å². The van der Waals surface area contributed by atoms with Crippen LogP contribution in [0.4, 0.5) is 0 Å². The van der Waals surface area contributed by atoms with Gasteiger partial charge in [0.2, 0.25) is 11.8 Å². The summed E-state index contributed by atoms with van der Waals surface area (Å²) in [5, 5.41) is 3.54. The van der Waals surface area contributed by atoms with Crippen molar-refractivity contribution in [2.75, 3.05) is 0 Å². The molecule has 132 valence electrons. The third-order valence-electron chi connectivity index (χ3n) is 4.10. The average Bonchev–Trinajstić information content (AvgIpc) is 2.59. The summed E-state index contributed by atoms with van der Waals surface area (Å²) in [5.74, 6) is -0.322. The van der Waals surface area contributed by atoms with Gasteiger partial charge in [-0.2, -0.15) is 0 Å². The molecule has 25 heavy (non-hydrogen) atoms. The van der Waals surface area contributed by atoms with E-state index in [-0.39, 0.29) is 11.8 Å². The Morgan fingerprint density at radius 1 is 1.04 bits per heavy atom. The van der Waals surface area contributed by atoms with Crippen molar-refractivity contribution in [3.63, 3.8) is 0 Å². The van der Waals surface area contributed by atoms with E-state index in [2.05, 4.69) is 5.32 Å². The molecule has 4 nitrogen and oxygen atoms in total. The summed E-state index contributed by atoms with van der Waals surface area (Å²) in [6.45, 7) is 6.04. The highest BCUT2D eigenvalue weighted by molar-refractivity contribution is 6.30. The lowest BCUT2D eigenvalue weighted by molar-refractivity contribution is -0.139. The Labute approximate surface area is 153 Å². The number of hydrogen-bond donors (Lipinski definition) is 1. The summed E-state index contributed by atoms with van der Waals surface area (Å²) in [6.07, 6.45) is 0. The Morgan fingerprint density at radius 2 is 1.60 bits per heavy atom. The standard InChI is InChI=1S/C20H23ClN2O2/c1-14-4-6-17(7-5-14)12-22-20(25)15(2)23(16(3)24)13-18-8-10-19(21)11-9-18/h4-11,15H,12-13H2,1-3H3,(H,22,25)/t15-/m1/s1. The Balaban J connectivity index is 1.99. The lowest BCUT2D eigenvalue weighted by Crippen LogP contribution is -2.46. The molecule has 0 aliphatic rings. The predicted molar refractivity (Wildman–Crippen MR) is 100 cm³/mol. The third-order valence-corrected chi connectivity index (χ3v) is 4.36. The van der Waals surface area contributed by atoms with Crippen LogP contribution in [-0.2, 0) is 22.7 Å². The highest BCUT2D eigenvalue weighted by Gasteiger charge is 2.23. The van der Waals surface area contributed by atoms with E-state index in [4.69, 9.17) is 11.6 Å². The highest BCUT2D eigenvalue weighted by atomic mass is 35.5. The van der Waals surface area contributed by atoms with Crippen LogP contribution in [0.25, 0.3) is 0 Å². The van der Waals surface area contributed by atoms with Crippen molar-refractivity contribution in [2.45, 2.75) is 39.9 Å². The number of benzene rings is 2. The minimum absolute atomic E-state index is 0.145. The summed E-state index contributed by atoms with van der Waals surface area (Å²) in [6, 6.07) is 14.7. The molecule has 0 aliphatic heterocycles. The molecule has 5 heteroatoms. The normalized spacial score (nSPS) is 11.7. The van der Waals surface area contributed by atoms with Crippen LogP contribution in [0.15, 0.2) is 48.5 Å². The Bertz CT molecular complexity index is 726. The molecule has 2 aromatic carbocycles. The lowest BCUT2D eigenvalue weighted by Gasteiger charge is -2.27. The number of rotatable bonds is 6. The van der Waals surface area contributed by atoms with Gasteiger partial charge >= 0.3 is 0 Å². The molecule has 0 bridgehead atoms. The Kier molecular flexibility index (Phi) is 6.59. The number of nitrogens with zero attached hydrogens (tertiary/aromatic N) is 1. The molecule has 0 aromatic heterocycles. The SMILES string of the molecule is CC(=O)N(Cc1ccc(Cl)cc1)[C@H](C)C(=O)NCc1ccc(C)cc1. The Morgan fingerprint density at radius 3 is 2.16 bits per heavy atom. The van der Waals surface area contributed by atoms with Crippen molar-refractivity contribution in [3.05, 3.63) is 70.2 Å². The average molecular weight is 359 g/mol. The molecule has 1 N–H and O–H groups in total. The second kappa shape index (κ2) is 8.67. The van der Waals surface area contributed by atoms with Crippen molar-refractivity contribution < 1.29 is 9.59 Å². The van der Waals surface area contributed by atoms with E-state index in [9.17, 15) is 9.59 Å². The molecular weight excluding hydrogens is 336 g/mol. The number of hydrogen-bond acceptors (Lipinski definition) is 2. The van der Waals surface area contributed by atoms with E-state index < -0.39 is 6.04 Å². The zero-order chi connectivity index (χ0) is 18.4. The molecule has 1 atom stereocenters. The second-order valence-electron chi connectivity index (χ2n) is 6.15. The molecule has 0 radical (unpaired) electrons. The topological polar surface area (TPSA) is 49.4 Å². The van der Waals surface area contributed by atoms with Crippen LogP contribution in [0.2, 0.25) is 5.02 Å². The first-order valence-corrected chi connectivity index (χ1v) is 8.59. The van der Waals surface area contributed by atoms with Crippen LogP contribution in [0.1, 0.15) is 30.5 Å². The quantitative estimate of drug-likeness (QED) is 0.855. The fourth-order valence-corrected chi connectivity index (χ4v) is 2.62. The molecule has 0 fully saturated rings. The molecule has 0 unspecified atom stereocenters. The Hall–Kier alpha value is -2.33. The fraction of sp³-hybridized carbons (Fsp3) is 0.300. The largest absolute Gasteiger partial charge is 0.350 e. The first-order chi connectivity index (χ1) is 11.9. The van der Waals surface area contributed by atoms with Gasteiger partial charge in [-0.15, -0.1) is 0 Å². The van der Waals surface area contributed by atoms with Crippen LogP contribution in [-0.4, -0.2) is 22.8 Å². The van der Waals surface area contributed by atoms with Crippen molar-refractivity contribution in [3.8, 4) is 0 Å². The molecule has 0 heterocycles. The van der Waals surface area contributed by atoms with Gasteiger partial charge in [-0.05, 0) is 37.1 Å². The van der Waals surface area contributed by atoms with Crippen LogP contribution in [0.5, 0.6) is 0 Å². The smallest absolute Gasteiger partial charge is 0.242 e. The van der Waals surface area contributed by atoms with Crippen molar-refractivity contribution in [2.24, 2.45) is 0 Å². The van der Waals surface area contributed by atoms with Crippen molar-refractivity contribution >= 4 is 23.4 Å². The van der Waals surface area contributed by atoms with E-state index in [0.717, 1.165) is 11.1 Å². The summed E-state index contributed by atoms with van der Waals surface area (Å²) in [4.78, 5) is 26.0. The molecular formula is C20H23ClN2O2. The summed E-state index contributed by atoms with van der Waals surface area (Å²) >= 11 is 5.89. The molecule has 2 amide bonds. The van der Waals surface area contributed by atoms with Crippen molar-refractivity contribution in [1.29, 1.82) is 0 Å². The van der Waals surface area contributed by atoms with Gasteiger partial charge in [0.1, 0.15) is 6.04 Å². The van der Waals surface area contributed by atoms with Gasteiger partial charge in [-0.1, -0.05) is 53.6 Å². The number of carbonyl (C=O) groups is 2. The van der Waals surface area contributed by atoms with Gasteiger partial charge in [0.25, 0.3) is 0 Å². The van der Waals surface area contributed by atoms with Gasteiger partial charge in [-0.3, -0.25) is 9.59 Å². The number of amides is 2. The van der Waals surface area contributed by atoms with Crippen LogP contribution >= 0.6 is 11.6 Å². The highest BCUT2D eigenvalue weighted by Crippen LogP contribution is 2.13. The minimum atomic E-state index is -0.557. The minimum Gasteiger partial charge on any atom is -0.350 e. The molecule has 0 aliphatic carbocycles. The maximum atomic E-state index is 12.4. The van der Waals surface area contributed by atoms with Gasteiger partial charge in [0.05, 0.1) is 0 Å². The van der Waals surface area contributed by atoms with Crippen LogP contribution < -0.4 is 5.32 Å². The first kappa shape index (κ1) is 19.0. The number of aryl methyl sites for hydroxylation is 1.